The van der Waals surface area contributed by atoms with Gasteiger partial charge in [-0.25, -0.2) is 0 Å². The molecule has 1 saturated heterocycles. The van der Waals surface area contributed by atoms with Crippen LogP contribution in [0.4, 0.5) is 0 Å². The Bertz CT molecular complexity index is 765. The summed E-state index contributed by atoms with van der Waals surface area (Å²) in [6, 6.07) is 7.82. The molecule has 6 heteroatoms. The second kappa shape index (κ2) is 6.76. The molecule has 4 atom stereocenters. The molecule has 2 aliphatic heterocycles. The minimum Gasteiger partial charge on any atom is -0.488 e. The molecule has 138 valence electrons. The average Bonchev–Trinajstić information content (AvgIpc) is 3.35. The van der Waals surface area contributed by atoms with Crippen molar-refractivity contribution in [3.63, 3.8) is 0 Å². The van der Waals surface area contributed by atoms with E-state index in [1.807, 2.05) is 18.2 Å². The van der Waals surface area contributed by atoms with Crippen molar-refractivity contribution in [1.29, 1.82) is 0 Å². The highest BCUT2D eigenvalue weighted by Crippen LogP contribution is 2.40. The topological polar surface area (TPSA) is 51.2 Å². The van der Waals surface area contributed by atoms with E-state index in [4.69, 9.17) is 14.2 Å². The largest absolute Gasteiger partial charge is 0.488 e. The first-order valence-electron chi connectivity index (χ1n) is 9.22. The van der Waals surface area contributed by atoms with Crippen LogP contribution in [0.1, 0.15) is 18.4 Å². The summed E-state index contributed by atoms with van der Waals surface area (Å²) in [5.74, 6) is 3.37. The lowest BCUT2D eigenvalue weighted by Crippen LogP contribution is -2.42. The van der Waals surface area contributed by atoms with E-state index in [1.54, 1.807) is 11.3 Å². The number of aliphatic hydroxyl groups excluding tert-OH is 1. The van der Waals surface area contributed by atoms with Crippen LogP contribution in [0, 0.1) is 11.8 Å². The van der Waals surface area contributed by atoms with Crippen molar-refractivity contribution in [1.82, 2.24) is 4.90 Å². The first-order valence-corrected chi connectivity index (χ1v) is 10.2. The molecular weight excluding hydrogens is 350 g/mol. The standard InChI is InChI=1S/C20H23NO4S/c22-17-5-14-9-21(8-13-3-4-26-11-13)10-15(14)6-19(17)25-16-1-2-18-20(7-16)24-12-23-18/h1-4,7,11,14-15,17,19,22H,5-6,8-10,12H2/t14-,15+,17+,19+/m0/s1. The van der Waals surface area contributed by atoms with Gasteiger partial charge in [-0.15, -0.1) is 0 Å². The zero-order chi connectivity index (χ0) is 17.5. The van der Waals surface area contributed by atoms with Gasteiger partial charge in [-0.2, -0.15) is 11.3 Å². The summed E-state index contributed by atoms with van der Waals surface area (Å²) >= 11 is 1.75. The van der Waals surface area contributed by atoms with Crippen molar-refractivity contribution in [3.05, 3.63) is 40.6 Å². The van der Waals surface area contributed by atoms with Gasteiger partial charge in [-0.1, -0.05) is 0 Å². The summed E-state index contributed by atoms with van der Waals surface area (Å²) in [5.41, 5.74) is 1.39. The predicted molar refractivity (Wildman–Crippen MR) is 98.8 cm³/mol. The maximum absolute atomic E-state index is 10.6. The van der Waals surface area contributed by atoms with Crippen molar-refractivity contribution < 1.29 is 19.3 Å². The third kappa shape index (κ3) is 3.17. The molecule has 3 aliphatic rings. The lowest BCUT2D eigenvalue weighted by atomic mass is 9.78. The number of thiophene rings is 1. The molecule has 0 amide bonds. The summed E-state index contributed by atoms with van der Waals surface area (Å²) in [6.07, 6.45) is 1.15. The SMILES string of the molecule is O[C@@H]1C[C@H]2CN(Cc3ccsc3)C[C@H]2C[C@H]1Oc1ccc2c(c1)OCO2. The molecule has 5 nitrogen and oxygen atoms in total. The van der Waals surface area contributed by atoms with Crippen LogP contribution in [-0.4, -0.2) is 42.1 Å². The van der Waals surface area contributed by atoms with E-state index in [1.165, 1.54) is 5.56 Å². The van der Waals surface area contributed by atoms with Crippen LogP contribution >= 0.6 is 11.3 Å². The van der Waals surface area contributed by atoms with Gasteiger partial charge in [0.1, 0.15) is 11.9 Å². The van der Waals surface area contributed by atoms with E-state index in [2.05, 4.69) is 21.7 Å². The Hall–Kier alpha value is -1.76. The van der Waals surface area contributed by atoms with Gasteiger partial charge in [0.25, 0.3) is 0 Å². The molecule has 5 rings (SSSR count). The zero-order valence-corrected chi connectivity index (χ0v) is 15.4. The molecule has 0 bridgehead atoms. The average molecular weight is 373 g/mol. The number of rotatable bonds is 4. The zero-order valence-electron chi connectivity index (χ0n) is 14.5. The van der Waals surface area contributed by atoms with Crippen LogP contribution in [0.3, 0.4) is 0 Å². The fourth-order valence-corrected chi connectivity index (χ4v) is 5.17. The molecule has 1 aromatic carbocycles. The maximum Gasteiger partial charge on any atom is 0.231 e. The molecule has 0 radical (unpaired) electrons. The molecule has 2 aromatic rings. The van der Waals surface area contributed by atoms with E-state index in [0.29, 0.717) is 17.6 Å². The minimum atomic E-state index is -0.414. The Balaban J connectivity index is 1.23. The van der Waals surface area contributed by atoms with Gasteiger partial charge < -0.3 is 19.3 Å². The van der Waals surface area contributed by atoms with E-state index in [-0.39, 0.29) is 12.9 Å². The Kier molecular flexibility index (Phi) is 4.27. The normalized spacial score (nSPS) is 30.3. The number of nitrogens with zero attached hydrogens (tertiary/aromatic N) is 1. The first kappa shape index (κ1) is 16.4. The maximum atomic E-state index is 10.6. The summed E-state index contributed by atoms with van der Waals surface area (Å²) in [5, 5.41) is 15.0. The van der Waals surface area contributed by atoms with Gasteiger partial charge in [-0.05, 0) is 59.2 Å². The van der Waals surface area contributed by atoms with Gasteiger partial charge in [0.2, 0.25) is 6.79 Å². The highest BCUT2D eigenvalue weighted by molar-refractivity contribution is 7.07. The van der Waals surface area contributed by atoms with Crippen molar-refractivity contribution in [2.24, 2.45) is 11.8 Å². The highest BCUT2D eigenvalue weighted by atomic mass is 32.1. The van der Waals surface area contributed by atoms with Crippen molar-refractivity contribution in [3.8, 4) is 17.2 Å². The molecule has 1 aromatic heterocycles. The summed E-state index contributed by atoms with van der Waals surface area (Å²) in [4.78, 5) is 2.52. The second-order valence-corrected chi connectivity index (χ2v) is 8.34. The minimum absolute atomic E-state index is 0.155. The number of likely N-dealkylation sites (tertiary alicyclic amines) is 1. The van der Waals surface area contributed by atoms with Crippen LogP contribution in [0.5, 0.6) is 17.2 Å². The molecule has 26 heavy (non-hydrogen) atoms. The molecule has 1 saturated carbocycles. The van der Waals surface area contributed by atoms with Crippen LogP contribution < -0.4 is 14.2 Å². The Morgan fingerprint density at radius 1 is 1.12 bits per heavy atom. The number of benzene rings is 1. The quantitative estimate of drug-likeness (QED) is 0.892. The number of hydrogen-bond acceptors (Lipinski definition) is 6. The molecule has 3 heterocycles. The fraction of sp³-hybridized carbons (Fsp3) is 0.500. The van der Waals surface area contributed by atoms with E-state index in [0.717, 1.165) is 44.0 Å². The highest BCUT2D eigenvalue weighted by Gasteiger charge is 2.42. The van der Waals surface area contributed by atoms with Gasteiger partial charge >= 0.3 is 0 Å². The Morgan fingerprint density at radius 3 is 2.81 bits per heavy atom. The smallest absolute Gasteiger partial charge is 0.231 e. The van der Waals surface area contributed by atoms with Crippen LogP contribution in [0.2, 0.25) is 0 Å². The van der Waals surface area contributed by atoms with Crippen molar-refractivity contribution in [2.75, 3.05) is 19.9 Å². The Morgan fingerprint density at radius 2 is 1.96 bits per heavy atom. The van der Waals surface area contributed by atoms with Crippen LogP contribution in [0.25, 0.3) is 0 Å². The van der Waals surface area contributed by atoms with Crippen LogP contribution in [-0.2, 0) is 6.54 Å². The molecular formula is C20H23NO4S. The summed E-state index contributed by atoms with van der Waals surface area (Å²) in [7, 11) is 0. The van der Waals surface area contributed by atoms with Gasteiger partial charge in [0, 0.05) is 25.7 Å². The van der Waals surface area contributed by atoms with E-state index < -0.39 is 6.10 Å². The lowest BCUT2D eigenvalue weighted by molar-refractivity contribution is -0.0232. The third-order valence-corrected chi connectivity index (χ3v) is 6.51. The van der Waals surface area contributed by atoms with Crippen molar-refractivity contribution in [2.45, 2.75) is 31.6 Å². The summed E-state index contributed by atoms with van der Waals surface area (Å²) < 4.78 is 16.9. The molecule has 0 spiro atoms. The van der Waals surface area contributed by atoms with E-state index >= 15 is 0 Å². The number of aliphatic hydroxyl groups is 1. The second-order valence-electron chi connectivity index (χ2n) is 7.56. The van der Waals surface area contributed by atoms with Gasteiger partial charge in [-0.3, -0.25) is 4.90 Å². The number of hydrogen-bond donors (Lipinski definition) is 1. The molecule has 2 fully saturated rings. The van der Waals surface area contributed by atoms with Gasteiger partial charge in [0.05, 0.1) is 6.10 Å². The molecule has 1 aliphatic carbocycles. The number of ether oxygens (including phenoxy) is 3. The van der Waals surface area contributed by atoms with Gasteiger partial charge in [0.15, 0.2) is 11.5 Å². The monoisotopic (exact) mass is 373 g/mol. The molecule has 1 N–H and O–H groups in total. The van der Waals surface area contributed by atoms with Crippen LogP contribution in [0.15, 0.2) is 35.0 Å². The Labute approximate surface area is 157 Å². The first-order chi connectivity index (χ1) is 12.7. The number of fused-ring (bicyclic) bond motifs is 2. The lowest BCUT2D eigenvalue weighted by Gasteiger charge is -2.35. The predicted octanol–water partition coefficient (Wildman–Crippen LogP) is 3.13. The summed E-state index contributed by atoms with van der Waals surface area (Å²) in [6.45, 7) is 3.44. The fourth-order valence-electron chi connectivity index (χ4n) is 4.51. The van der Waals surface area contributed by atoms with E-state index in [9.17, 15) is 5.11 Å². The third-order valence-electron chi connectivity index (χ3n) is 5.78. The molecule has 0 unspecified atom stereocenters. The van der Waals surface area contributed by atoms with Crippen molar-refractivity contribution >= 4 is 11.3 Å².